The van der Waals surface area contributed by atoms with Crippen molar-refractivity contribution in [1.29, 1.82) is 0 Å². The first-order valence-corrected chi connectivity index (χ1v) is 4.41. The van der Waals surface area contributed by atoms with E-state index in [1.54, 1.807) is 6.08 Å². The van der Waals surface area contributed by atoms with Crippen molar-refractivity contribution >= 4 is 12.2 Å². The molecule has 0 fully saturated rings. The Hall–Kier alpha value is -1.49. The van der Waals surface area contributed by atoms with Gasteiger partial charge in [-0.25, -0.2) is 4.79 Å². The molecule has 0 spiro atoms. The highest BCUT2D eigenvalue weighted by molar-refractivity contribution is 6.20. The molecule has 0 rings (SSSR count). The van der Waals surface area contributed by atoms with Gasteiger partial charge in [0.1, 0.15) is 6.61 Å². The number of rotatable bonds is 9. The molecule has 0 radical (unpaired) electrons. The SMILES string of the molecule is C=CCOCCOCCOC(=O)C=[N+]=[N-]. The molecule has 0 atom stereocenters. The molecular weight excluding hydrogens is 200 g/mol. The molecule has 0 N–H and O–H groups in total. The van der Waals surface area contributed by atoms with Crippen molar-refractivity contribution < 1.29 is 23.8 Å². The molecule has 0 unspecified atom stereocenters. The van der Waals surface area contributed by atoms with Crippen molar-refractivity contribution in [3.05, 3.63) is 18.2 Å². The fourth-order valence-electron chi connectivity index (χ4n) is 0.672. The highest BCUT2D eigenvalue weighted by atomic mass is 16.6. The molecule has 0 aromatic rings. The zero-order valence-electron chi connectivity index (χ0n) is 8.42. The van der Waals surface area contributed by atoms with Gasteiger partial charge in [0, 0.05) is 0 Å². The van der Waals surface area contributed by atoms with Crippen LogP contribution in [0.4, 0.5) is 0 Å². The maximum Gasteiger partial charge on any atom is 0.413 e. The normalized spacial score (nSPS) is 9.07. The van der Waals surface area contributed by atoms with E-state index >= 15 is 0 Å². The summed E-state index contributed by atoms with van der Waals surface area (Å²) in [6.07, 6.45) is 2.32. The van der Waals surface area contributed by atoms with E-state index in [0.29, 0.717) is 26.0 Å². The average molecular weight is 214 g/mol. The number of nitrogens with zero attached hydrogens (tertiary/aromatic N) is 2. The number of esters is 1. The van der Waals surface area contributed by atoms with Gasteiger partial charge in [0.2, 0.25) is 0 Å². The van der Waals surface area contributed by atoms with Gasteiger partial charge < -0.3 is 19.7 Å². The summed E-state index contributed by atoms with van der Waals surface area (Å²) in [6.45, 7) is 5.28. The smallest absolute Gasteiger partial charge is 0.413 e. The molecule has 6 nitrogen and oxygen atoms in total. The van der Waals surface area contributed by atoms with Crippen molar-refractivity contribution in [3.63, 3.8) is 0 Å². The Morgan fingerprint density at radius 1 is 1.27 bits per heavy atom. The predicted octanol–water partition coefficient (Wildman–Crippen LogP) is 0.0494. The van der Waals surface area contributed by atoms with Crippen LogP contribution in [0, 0.1) is 0 Å². The maximum absolute atomic E-state index is 10.6. The van der Waals surface area contributed by atoms with E-state index in [2.05, 4.69) is 16.1 Å². The molecule has 0 aliphatic heterocycles. The van der Waals surface area contributed by atoms with E-state index in [9.17, 15) is 4.79 Å². The first-order chi connectivity index (χ1) is 7.31. The second-order valence-corrected chi connectivity index (χ2v) is 2.39. The lowest BCUT2D eigenvalue weighted by molar-refractivity contribution is -0.140. The van der Waals surface area contributed by atoms with Crippen molar-refractivity contribution in [2.45, 2.75) is 0 Å². The molecule has 6 heteroatoms. The monoisotopic (exact) mass is 214 g/mol. The second-order valence-electron chi connectivity index (χ2n) is 2.39. The quantitative estimate of drug-likeness (QED) is 0.136. The Morgan fingerprint density at radius 3 is 2.60 bits per heavy atom. The lowest BCUT2D eigenvalue weighted by Gasteiger charge is -2.03. The summed E-state index contributed by atoms with van der Waals surface area (Å²) in [4.78, 5) is 13.1. The Bertz CT molecular complexity index is 236. The first kappa shape index (κ1) is 13.5. The molecule has 0 aliphatic carbocycles. The standard InChI is InChI=1S/C9H14N2O4/c1-2-3-13-4-5-14-6-7-15-9(12)8-11-10/h2,8H,1,3-7H2. The van der Waals surface area contributed by atoms with Crippen molar-refractivity contribution in [3.8, 4) is 0 Å². The maximum atomic E-state index is 10.6. The largest absolute Gasteiger partial charge is 0.455 e. The van der Waals surface area contributed by atoms with E-state index in [4.69, 9.17) is 15.0 Å². The van der Waals surface area contributed by atoms with Crippen molar-refractivity contribution in [2.24, 2.45) is 0 Å². The van der Waals surface area contributed by atoms with Crippen molar-refractivity contribution in [1.82, 2.24) is 0 Å². The van der Waals surface area contributed by atoms with Crippen LogP contribution in [0.1, 0.15) is 0 Å². The summed E-state index contributed by atoms with van der Waals surface area (Å²) < 4.78 is 14.7. The number of carbonyl (C=O) groups is 1. The summed E-state index contributed by atoms with van der Waals surface area (Å²) in [6, 6.07) is 0. The van der Waals surface area contributed by atoms with Gasteiger partial charge in [-0.05, 0) is 0 Å². The topological polar surface area (TPSA) is 81.2 Å². The molecule has 0 heterocycles. The van der Waals surface area contributed by atoms with Crippen LogP contribution in [0.2, 0.25) is 0 Å². The van der Waals surface area contributed by atoms with Gasteiger partial charge in [-0.3, -0.25) is 0 Å². The number of hydrogen-bond acceptors (Lipinski definition) is 4. The third kappa shape index (κ3) is 10.4. The van der Waals surface area contributed by atoms with E-state index in [1.807, 2.05) is 0 Å². The highest BCUT2D eigenvalue weighted by Crippen LogP contribution is 1.81. The zero-order valence-corrected chi connectivity index (χ0v) is 8.42. The van der Waals surface area contributed by atoms with Crippen molar-refractivity contribution in [2.75, 3.05) is 33.0 Å². The average Bonchev–Trinajstić information content (AvgIpc) is 2.22. The summed E-state index contributed by atoms with van der Waals surface area (Å²) in [7, 11) is 0. The van der Waals surface area contributed by atoms with Gasteiger partial charge in [-0.1, -0.05) is 6.08 Å². The highest BCUT2D eigenvalue weighted by Gasteiger charge is 2.01. The van der Waals surface area contributed by atoms with Crippen LogP contribution >= 0.6 is 0 Å². The lowest BCUT2D eigenvalue weighted by atomic mass is 10.6. The van der Waals surface area contributed by atoms with Gasteiger partial charge in [-0.2, -0.15) is 4.79 Å². The molecule has 0 saturated heterocycles. The van der Waals surface area contributed by atoms with E-state index < -0.39 is 5.97 Å². The lowest BCUT2D eigenvalue weighted by Crippen LogP contribution is -2.13. The second kappa shape index (κ2) is 10.6. The summed E-state index contributed by atoms with van der Waals surface area (Å²) >= 11 is 0. The molecule has 15 heavy (non-hydrogen) atoms. The Kier molecular flexibility index (Phi) is 9.54. The molecule has 0 bridgehead atoms. The number of carbonyl (C=O) groups excluding carboxylic acids is 1. The van der Waals surface area contributed by atoms with Gasteiger partial charge in [0.15, 0.2) is 0 Å². The molecule has 0 amide bonds. The third-order valence-corrected chi connectivity index (χ3v) is 1.24. The van der Waals surface area contributed by atoms with E-state index in [-0.39, 0.29) is 13.2 Å². The molecule has 0 aromatic carbocycles. The number of ether oxygens (including phenoxy) is 3. The van der Waals surface area contributed by atoms with Crippen LogP contribution in [-0.2, 0) is 19.0 Å². The molecule has 0 aliphatic rings. The minimum Gasteiger partial charge on any atom is -0.455 e. The minimum atomic E-state index is -0.705. The van der Waals surface area contributed by atoms with E-state index in [1.165, 1.54) is 0 Å². The summed E-state index contributed by atoms with van der Waals surface area (Å²) in [5.74, 6) is -0.705. The van der Waals surface area contributed by atoms with Crippen LogP contribution < -0.4 is 0 Å². The van der Waals surface area contributed by atoms with E-state index in [0.717, 1.165) is 0 Å². The third-order valence-electron chi connectivity index (χ3n) is 1.24. The Morgan fingerprint density at radius 2 is 1.93 bits per heavy atom. The molecule has 84 valence electrons. The zero-order chi connectivity index (χ0) is 11.4. The first-order valence-electron chi connectivity index (χ1n) is 4.41. The van der Waals surface area contributed by atoms with Gasteiger partial charge >= 0.3 is 12.2 Å². The Labute approximate surface area is 88.1 Å². The van der Waals surface area contributed by atoms with Crippen LogP contribution in [0.3, 0.4) is 0 Å². The predicted molar refractivity (Wildman–Crippen MR) is 52.5 cm³/mol. The molecular formula is C9H14N2O4. The van der Waals surface area contributed by atoms with Gasteiger partial charge in [0.05, 0.1) is 26.4 Å². The summed E-state index contributed by atoms with van der Waals surface area (Å²) in [5, 5.41) is 0. The Balaban J connectivity index is 3.14. The summed E-state index contributed by atoms with van der Waals surface area (Å²) in [5.41, 5.74) is 7.97. The van der Waals surface area contributed by atoms with Gasteiger partial charge in [-0.15, -0.1) is 6.58 Å². The molecule has 0 aromatic heterocycles. The minimum absolute atomic E-state index is 0.117. The van der Waals surface area contributed by atoms with Crippen LogP contribution in [0.15, 0.2) is 12.7 Å². The molecule has 0 saturated carbocycles. The fourth-order valence-corrected chi connectivity index (χ4v) is 0.672. The van der Waals surface area contributed by atoms with Gasteiger partial charge in [0.25, 0.3) is 0 Å². The van der Waals surface area contributed by atoms with Crippen LogP contribution in [0.5, 0.6) is 0 Å². The van der Waals surface area contributed by atoms with Crippen LogP contribution in [0.25, 0.3) is 5.53 Å². The number of hydrogen-bond donors (Lipinski definition) is 0. The van der Waals surface area contributed by atoms with Crippen LogP contribution in [-0.4, -0.2) is 50.0 Å². The fraction of sp³-hybridized carbons (Fsp3) is 0.556.